The number of nitrogens with zero attached hydrogens (tertiary/aromatic N) is 2. The SMILES string of the molecule is CNc1cc(COC)nc(-c2ccc(OC(C)C)cc2)n1. The van der Waals surface area contributed by atoms with E-state index >= 15 is 0 Å². The molecule has 5 nitrogen and oxygen atoms in total. The van der Waals surface area contributed by atoms with Gasteiger partial charge in [0.15, 0.2) is 5.82 Å². The lowest BCUT2D eigenvalue weighted by atomic mass is 10.2. The van der Waals surface area contributed by atoms with E-state index in [1.807, 2.05) is 51.2 Å². The number of hydrogen-bond donors (Lipinski definition) is 1. The van der Waals surface area contributed by atoms with Gasteiger partial charge in [0, 0.05) is 25.8 Å². The molecule has 5 heteroatoms. The van der Waals surface area contributed by atoms with Crippen LogP contribution in [0.3, 0.4) is 0 Å². The van der Waals surface area contributed by atoms with Crippen LogP contribution < -0.4 is 10.1 Å². The van der Waals surface area contributed by atoms with Crippen LogP contribution in [-0.4, -0.2) is 30.2 Å². The van der Waals surface area contributed by atoms with Crippen molar-refractivity contribution in [2.75, 3.05) is 19.5 Å². The first kappa shape index (κ1) is 15.3. The molecule has 0 fully saturated rings. The highest BCUT2D eigenvalue weighted by Crippen LogP contribution is 2.22. The Bertz CT molecular complexity index is 583. The second-order valence-corrected chi connectivity index (χ2v) is 4.94. The molecule has 0 aliphatic carbocycles. The molecule has 1 N–H and O–H groups in total. The van der Waals surface area contributed by atoms with Crippen LogP contribution in [0.1, 0.15) is 19.5 Å². The Kier molecular flexibility index (Phi) is 5.11. The summed E-state index contributed by atoms with van der Waals surface area (Å²) in [5, 5.41) is 3.04. The third-order valence-electron chi connectivity index (χ3n) is 2.81. The van der Waals surface area contributed by atoms with Gasteiger partial charge >= 0.3 is 0 Å². The monoisotopic (exact) mass is 287 g/mol. The van der Waals surface area contributed by atoms with Gasteiger partial charge in [0.2, 0.25) is 0 Å². The molecule has 0 bridgehead atoms. The molecule has 0 saturated heterocycles. The molecule has 1 aromatic carbocycles. The second-order valence-electron chi connectivity index (χ2n) is 4.94. The van der Waals surface area contributed by atoms with E-state index in [0.29, 0.717) is 12.4 Å². The van der Waals surface area contributed by atoms with E-state index in [4.69, 9.17) is 9.47 Å². The molecule has 0 spiro atoms. The predicted molar refractivity (Wildman–Crippen MR) is 83.5 cm³/mol. The van der Waals surface area contributed by atoms with Crippen LogP contribution in [0.25, 0.3) is 11.4 Å². The zero-order valence-electron chi connectivity index (χ0n) is 12.9. The van der Waals surface area contributed by atoms with Gasteiger partial charge in [-0.2, -0.15) is 0 Å². The largest absolute Gasteiger partial charge is 0.491 e. The van der Waals surface area contributed by atoms with E-state index in [2.05, 4.69) is 15.3 Å². The van der Waals surface area contributed by atoms with E-state index in [0.717, 1.165) is 22.8 Å². The Hall–Kier alpha value is -2.14. The first-order chi connectivity index (χ1) is 10.1. The van der Waals surface area contributed by atoms with Gasteiger partial charge in [0.1, 0.15) is 11.6 Å². The van der Waals surface area contributed by atoms with Gasteiger partial charge in [-0.3, -0.25) is 0 Å². The molecule has 0 amide bonds. The van der Waals surface area contributed by atoms with Gasteiger partial charge in [0.05, 0.1) is 18.4 Å². The molecule has 1 aromatic heterocycles. The van der Waals surface area contributed by atoms with Gasteiger partial charge in [0.25, 0.3) is 0 Å². The Morgan fingerprint density at radius 3 is 2.43 bits per heavy atom. The van der Waals surface area contributed by atoms with Crippen molar-refractivity contribution in [3.8, 4) is 17.1 Å². The van der Waals surface area contributed by atoms with Gasteiger partial charge in [-0.15, -0.1) is 0 Å². The zero-order valence-corrected chi connectivity index (χ0v) is 12.9. The number of rotatable bonds is 6. The van der Waals surface area contributed by atoms with E-state index in [9.17, 15) is 0 Å². The minimum absolute atomic E-state index is 0.160. The third-order valence-corrected chi connectivity index (χ3v) is 2.81. The van der Waals surface area contributed by atoms with Crippen molar-refractivity contribution >= 4 is 5.82 Å². The lowest BCUT2D eigenvalue weighted by Crippen LogP contribution is -2.05. The van der Waals surface area contributed by atoms with Crippen LogP contribution in [0, 0.1) is 0 Å². The quantitative estimate of drug-likeness (QED) is 0.884. The molecule has 2 aromatic rings. The fourth-order valence-electron chi connectivity index (χ4n) is 1.93. The van der Waals surface area contributed by atoms with Crippen molar-refractivity contribution in [2.24, 2.45) is 0 Å². The van der Waals surface area contributed by atoms with E-state index in [1.54, 1.807) is 7.11 Å². The number of benzene rings is 1. The average molecular weight is 287 g/mol. The van der Waals surface area contributed by atoms with Crippen LogP contribution in [0.4, 0.5) is 5.82 Å². The molecule has 0 unspecified atom stereocenters. The smallest absolute Gasteiger partial charge is 0.161 e. The highest BCUT2D eigenvalue weighted by atomic mass is 16.5. The Labute approximate surface area is 125 Å². The topological polar surface area (TPSA) is 56.3 Å². The zero-order chi connectivity index (χ0) is 15.2. The Balaban J connectivity index is 2.29. The van der Waals surface area contributed by atoms with Crippen LogP contribution >= 0.6 is 0 Å². The van der Waals surface area contributed by atoms with Crippen molar-refractivity contribution < 1.29 is 9.47 Å². The van der Waals surface area contributed by atoms with Crippen molar-refractivity contribution in [3.05, 3.63) is 36.0 Å². The minimum atomic E-state index is 0.160. The second kappa shape index (κ2) is 7.04. The molecule has 0 aliphatic heterocycles. The van der Waals surface area contributed by atoms with Crippen LogP contribution in [-0.2, 0) is 11.3 Å². The summed E-state index contributed by atoms with van der Waals surface area (Å²) in [6.45, 7) is 4.47. The number of methoxy groups -OCH3 is 1. The average Bonchev–Trinajstić information content (AvgIpc) is 2.47. The highest BCUT2D eigenvalue weighted by molar-refractivity contribution is 5.58. The summed E-state index contributed by atoms with van der Waals surface area (Å²) >= 11 is 0. The van der Waals surface area contributed by atoms with Crippen molar-refractivity contribution in [1.29, 1.82) is 0 Å². The summed E-state index contributed by atoms with van der Waals surface area (Å²) in [7, 11) is 3.49. The molecule has 0 aliphatic rings. The maximum absolute atomic E-state index is 5.64. The van der Waals surface area contributed by atoms with Crippen LogP contribution in [0.5, 0.6) is 5.75 Å². The third kappa shape index (κ3) is 4.16. The van der Waals surface area contributed by atoms with Crippen molar-refractivity contribution in [2.45, 2.75) is 26.6 Å². The number of aromatic nitrogens is 2. The molecular formula is C16H21N3O2. The summed E-state index contributed by atoms with van der Waals surface area (Å²) in [5.74, 6) is 2.29. The predicted octanol–water partition coefficient (Wildman–Crippen LogP) is 3.12. The summed E-state index contributed by atoms with van der Waals surface area (Å²) < 4.78 is 10.8. The molecule has 0 radical (unpaired) electrons. The van der Waals surface area contributed by atoms with E-state index < -0.39 is 0 Å². The van der Waals surface area contributed by atoms with E-state index in [1.165, 1.54) is 0 Å². The normalized spacial score (nSPS) is 10.7. The standard InChI is InChI=1S/C16H21N3O2/c1-11(2)21-14-7-5-12(6-8-14)16-18-13(10-20-4)9-15(17-3)19-16/h5-9,11H,10H2,1-4H3,(H,17,18,19). The number of nitrogens with one attached hydrogen (secondary N) is 1. The fourth-order valence-corrected chi connectivity index (χ4v) is 1.93. The van der Waals surface area contributed by atoms with Crippen molar-refractivity contribution in [3.63, 3.8) is 0 Å². The van der Waals surface area contributed by atoms with E-state index in [-0.39, 0.29) is 6.10 Å². The Morgan fingerprint density at radius 1 is 1.14 bits per heavy atom. The maximum Gasteiger partial charge on any atom is 0.161 e. The fraction of sp³-hybridized carbons (Fsp3) is 0.375. The van der Waals surface area contributed by atoms with Crippen LogP contribution in [0.15, 0.2) is 30.3 Å². The van der Waals surface area contributed by atoms with Crippen molar-refractivity contribution in [1.82, 2.24) is 9.97 Å². The molecular weight excluding hydrogens is 266 g/mol. The first-order valence-corrected chi connectivity index (χ1v) is 6.94. The lowest BCUT2D eigenvalue weighted by molar-refractivity contribution is 0.181. The lowest BCUT2D eigenvalue weighted by Gasteiger charge is -2.11. The number of ether oxygens (including phenoxy) is 2. The van der Waals surface area contributed by atoms with Crippen LogP contribution in [0.2, 0.25) is 0 Å². The maximum atomic E-state index is 5.64. The van der Waals surface area contributed by atoms with Gasteiger partial charge in [-0.1, -0.05) is 0 Å². The minimum Gasteiger partial charge on any atom is -0.491 e. The summed E-state index contributed by atoms with van der Waals surface area (Å²) in [4.78, 5) is 8.99. The molecule has 21 heavy (non-hydrogen) atoms. The summed E-state index contributed by atoms with van der Waals surface area (Å²) in [5.41, 5.74) is 1.79. The Morgan fingerprint density at radius 2 is 1.86 bits per heavy atom. The van der Waals surface area contributed by atoms with Gasteiger partial charge in [-0.05, 0) is 38.1 Å². The molecule has 112 valence electrons. The number of anilines is 1. The summed E-state index contributed by atoms with van der Waals surface area (Å²) in [6, 6.07) is 9.66. The molecule has 2 rings (SSSR count). The molecule has 0 saturated carbocycles. The molecule has 1 heterocycles. The first-order valence-electron chi connectivity index (χ1n) is 6.94. The highest BCUT2D eigenvalue weighted by Gasteiger charge is 2.07. The summed E-state index contributed by atoms with van der Waals surface area (Å²) in [6.07, 6.45) is 0.160. The molecule has 0 atom stereocenters. The number of hydrogen-bond acceptors (Lipinski definition) is 5. The van der Waals surface area contributed by atoms with Gasteiger partial charge < -0.3 is 14.8 Å². The van der Waals surface area contributed by atoms with Gasteiger partial charge in [-0.25, -0.2) is 9.97 Å².